The fourth-order valence-electron chi connectivity index (χ4n) is 0.937. The normalized spacial score (nSPS) is 11.7. The minimum absolute atomic E-state index is 0.513. The average Bonchev–Trinajstić information content (AvgIpc) is 2.02. The van der Waals surface area contributed by atoms with E-state index in [2.05, 4.69) is 0 Å². The first kappa shape index (κ1) is 11.5. The molecular weight excluding hydrogens is 250 g/mol. The van der Waals surface area contributed by atoms with Gasteiger partial charge in [-0.15, -0.1) is 0 Å². The summed E-state index contributed by atoms with van der Waals surface area (Å²) in [6.45, 7) is 0. The molecule has 0 bridgehead atoms. The van der Waals surface area contributed by atoms with E-state index in [9.17, 15) is 0 Å². The molecule has 0 aliphatic rings. The van der Waals surface area contributed by atoms with Crippen LogP contribution in [0.5, 0.6) is 0 Å². The molecular formula is C9H8Cl4. The molecule has 0 aliphatic carbocycles. The Kier molecular flexibility index (Phi) is 4.18. The SMILES string of the molecule is Clc1ccc(CCC(Cl)(Cl)Cl)cc1. The van der Waals surface area contributed by atoms with Gasteiger partial charge in [-0.25, -0.2) is 0 Å². The van der Waals surface area contributed by atoms with E-state index in [1.54, 1.807) is 0 Å². The lowest BCUT2D eigenvalue weighted by molar-refractivity contribution is 0.852. The molecule has 0 fully saturated rings. The molecule has 0 saturated heterocycles. The minimum atomic E-state index is -1.17. The predicted octanol–water partition coefficient (Wildman–Crippen LogP) is 4.64. The minimum Gasteiger partial charge on any atom is -0.0843 e. The Labute approximate surface area is 97.7 Å². The van der Waals surface area contributed by atoms with Gasteiger partial charge in [0.05, 0.1) is 0 Å². The molecule has 1 aromatic carbocycles. The van der Waals surface area contributed by atoms with Gasteiger partial charge in [-0.2, -0.15) is 0 Å². The van der Waals surface area contributed by atoms with Gasteiger partial charge in [0.2, 0.25) is 0 Å². The number of halogens is 4. The van der Waals surface area contributed by atoms with Crippen LogP contribution in [0.25, 0.3) is 0 Å². The summed E-state index contributed by atoms with van der Waals surface area (Å²) in [7, 11) is 0. The van der Waals surface area contributed by atoms with E-state index in [4.69, 9.17) is 46.4 Å². The van der Waals surface area contributed by atoms with Crippen molar-refractivity contribution in [2.45, 2.75) is 16.6 Å². The van der Waals surface area contributed by atoms with Crippen molar-refractivity contribution in [1.29, 1.82) is 0 Å². The second kappa shape index (κ2) is 4.75. The number of hydrogen-bond acceptors (Lipinski definition) is 0. The van der Waals surface area contributed by atoms with E-state index in [0.29, 0.717) is 6.42 Å². The summed E-state index contributed by atoms with van der Waals surface area (Å²) in [6, 6.07) is 7.52. The zero-order valence-electron chi connectivity index (χ0n) is 6.74. The first-order valence-corrected chi connectivity index (χ1v) is 5.30. The van der Waals surface area contributed by atoms with Gasteiger partial charge in [-0.3, -0.25) is 0 Å². The Morgan fingerprint density at radius 2 is 1.54 bits per heavy atom. The fraction of sp³-hybridized carbons (Fsp3) is 0.333. The first-order chi connectivity index (χ1) is 5.97. The summed E-state index contributed by atoms with van der Waals surface area (Å²) in [4.78, 5) is 0. The molecule has 0 saturated carbocycles. The Hall–Kier alpha value is 0.380. The standard InChI is InChI=1S/C9H8Cl4/c10-8-3-1-7(2-4-8)5-6-9(11,12)13/h1-4H,5-6H2. The van der Waals surface area contributed by atoms with Crippen LogP contribution in [0.15, 0.2) is 24.3 Å². The van der Waals surface area contributed by atoms with Gasteiger partial charge in [0.1, 0.15) is 0 Å². The molecule has 0 N–H and O–H groups in total. The number of hydrogen-bond donors (Lipinski definition) is 0. The van der Waals surface area contributed by atoms with Crippen LogP contribution in [-0.4, -0.2) is 3.79 Å². The summed E-state index contributed by atoms with van der Waals surface area (Å²) in [5, 5.41) is 0.720. The van der Waals surface area contributed by atoms with Gasteiger partial charge in [0, 0.05) is 5.02 Å². The van der Waals surface area contributed by atoms with Crippen LogP contribution in [0.3, 0.4) is 0 Å². The van der Waals surface area contributed by atoms with Crippen LogP contribution in [0.4, 0.5) is 0 Å². The summed E-state index contributed by atoms with van der Waals surface area (Å²) < 4.78 is -1.17. The average molecular weight is 258 g/mol. The van der Waals surface area contributed by atoms with Gasteiger partial charge < -0.3 is 0 Å². The summed E-state index contributed by atoms with van der Waals surface area (Å²) in [5.41, 5.74) is 1.12. The summed E-state index contributed by atoms with van der Waals surface area (Å²) in [5.74, 6) is 0. The molecule has 0 aromatic heterocycles. The zero-order valence-corrected chi connectivity index (χ0v) is 9.76. The molecule has 0 unspecified atom stereocenters. The highest BCUT2D eigenvalue weighted by Gasteiger charge is 2.18. The molecule has 0 aliphatic heterocycles. The van der Waals surface area contributed by atoms with Crippen LogP contribution >= 0.6 is 46.4 Å². The third-order valence-corrected chi connectivity index (χ3v) is 2.43. The largest absolute Gasteiger partial charge is 0.190 e. The maximum Gasteiger partial charge on any atom is 0.190 e. The highest BCUT2D eigenvalue weighted by Crippen LogP contribution is 2.31. The van der Waals surface area contributed by atoms with Crippen molar-refractivity contribution in [3.8, 4) is 0 Å². The highest BCUT2D eigenvalue weighted by molar-refractivity contribution is 6.67. The van der Waals surface area contributed by atoms with Crippen molar-refractivity contribution in [2.24, 2.45) is 0 Å². The Bertz CT molecular complexity index is 260. The van der Waals surface area contributed by atoms with Crippen molar-refractivity contribution in [2.75, 3.05) is 0 Å². The van der Waals surface area contributed by atoms with E-state index < -0.39 is 3.79 Å². The second-order valence-corrected chi connectivity index (χ2v) is 5.69. The third kappa shape index (κ3) is 4.97. The maximum absolute atomic E-state index is 5.72. The summed E-state index contributed by atoms with van der Waals surface area (Å²) in [6.07, 6.45) is 1.26. The Morgan fingerprint density at radius 3 is 2.00 bits per heavy atom. The lowest BCUT2D eigenvalue weighted by Gasteiger charge is -2.09. The molecule has 0 atom stereocenters. The van der Waals surface area contributed by atoms with Crippen LogP contribution < -0.4 is 0 Å². The van der Waals surface area contributed by atoms with Crippen LogP contribution in [0.2, 0.25) is 5.02 Å². The molecule has 0 spiro atoms. The van der Waals surface area contributed by atoms with Crippen molar-refractivity contribution < 1.29 is 0 Å². The molecule has 13 heavy (non-hydrogen) atoms. The van der Waals surface area contributed by atoms with E-state index in [-0.39, 0.29) is 0 Å². The molecule has 1 rings (SSSR count). The Morgan fingerprint density at radius 1 is 1.00 bits per heavy atom. The van der Waals surface area contributed by atoms with Gasteiger partial charge >= 0.3 is 0 Å². The monoisotopic (exact) mass is 256 g/mol. The van der Waals surface area contributed by atoms with Crippen LogP contribution in [-0.2, 0) is 6.42 Å². The van der Waals surface area contributed by atoms with Gasteiger partial charge in [0.15, 0.2) is 3.79 Å². The van der Waals surface area contributed by atoms with Crippen molar-refractivity contribution in [3.05, 3.63) is 34.9 Å². The van der Waals surface area contributed by atoms with E-state index >= 15 is 0 Å². The Balaban J connectivity index is 2.51. The van der Waals surface area contributed by atoms with Gasteiger partial charge in [-0.05, 0) is 30.5 Å². The number of rotatable bonds is 2. The molecule has 0 nitrogen and oxygen atoms in total. The topological polar surface area (TPSA) is 0 Å². The van der Waals surface area contributed by atoms with Crippen LogP contribution in [0.1, 0.15) is 12.0 Å². The maximum atomic E-state index is 5.72. The van der Waals surface area contributed by atoms with Gasteiger partial charge in [-0.1, -0.05) is 58.5 Å². The van der Waals surface area contributed by atoms with Gasteiger partial charge in [0.25, 0.3) is 0 Å². The van der Waals surface area contributed by atoms with Crippen LogP contribution in [0, 0.1) is 0 Å². The molecule has 72 valence electrons. The molecule has 1 aromatic rings. The van der Waals surface area contributed by atoms with E-state index in [0.717, 1.165) is 17.0 Å². The molecule has 0 heterocycles. The van der Waals surface area contributed by atoms with Crippen molar-refractivity contribution in [3.63, 3.8) is 0 Å². The second-order valence-electron chi connectivity index (χ2n) is 2.74. The van der Waals surface area contributed by atoms with E-state index in [1.807, 2.05) is 24.3 Å². The quantitative estimate of drug-likeness (QED) is 0.677. The van der Waals surface area contributed by atoms with Crippen molar-refractivity contribution in [1.82, 2.24) is 0 Å². The zero-order chi connectivity index (χ0) is 9.90. The summed E-state index contributed by atoms with van der Waals surface area (Å²) >= 11 is 22.6. The predicted molar refractivity (Wildman–Crippen MR) is 60.1 cm³/mol. The smallest absolute Gasteiger partial charge is 0.0843 e. The lowest BCUT2D eigenvalue weighted by atomic mass is 10.1. The number of alkyl halides is 3. The molecule has 0 amide bonds. The fourth-order valence-corrected chi connectivity index (χ4v) is 1.35. The highest BCUT2D eigenvalue weighted by atomic mass is 35.6. The first-order valence-electron chi connectivity index (χ1n) is 3.78. The lowest BCUT2D eigenvalue weighted by Crippen LogP contribution is -2.03. The number of aryl methyl sites for hydroxylation is 1. The number of benzene rings is 1. The molecule has 0 radical (unpaired) electrons. The molecule has 4 heteroatoms. The third-order valence-electron chi connectivity index (χ3n) is 1.61. The van der Waals surface area contributed by atoms with Crippen molar-refractivity contribution >= 4 is 46.4 Å². The van der Waals surface area contributed by atoms with E-state index in [1.165, 1.54) is 0 Å².